The van der Waals surface area contributed by atoms with Crippen molar-refractivity contribution in [2.24, 2.45) is 0 Å². The lowest BCUT2D eigenvalue weighted by Crippen LogP contribution is -1.95. The number of aromatic nitrogens is 1. The number of nitrogens with zero attached hydrogens (tertiary/aromatic N) is 1. The zero-order valence-corrected chi connectivity index (χ0v) is 10.4. The van der Waals surface area contributed by atoms with Crippen molar-refractivity contribution in [3.63, 3.8) is 0 Å². The van der Waals surface area contributed by atoms with Gasteiger partial charge in [-0.05, 0) is 31.0 Å². The Balaban J connectivity index is 2.10. The van der Waals surface area contributed by atoms with E-state index in [0.29, 0.717) is 0 Å². The van der Waals surface area contributed by atoms with E-state index in [0.717, 1.165) is 6.54 Å². The van der Waals surface area contributed by atoms with Gasteiger partial charge in [0, 0.05) is 23.6 Å². The summed E-state index contributed by atoms with van der Waals surface area (Å²) < 4.78 is 2.39. The van der Waals surface area contributed by atoms with E-state index in [1.165, 1.54) is 42.1 Å². The zero-order valence-electron chi connectivity index (χ0n) is 10.4. The van der Waals surface area contributed by atoms with Crippen LogP contribution in [0.1, 0.15) is 38.2 Å². The fourth-order valence-corrected chi connectivity index (χ4v) is 2.28. The Kier molecular flexibility index (Phi) is 3.66. The van der Waals surface area contributed by atoms with Crippen LogP contribution in [0.5, 0.6) is 0 Å². The third-order valence-electron chi connectivity index (χ3n) is 3.28. The summed E-state index contributed by atoms with van der Waals surface area (Å²) in [6, 6.07) is 8.80. The van der Waals surface area contributed by atoms with Crippen molar-refractivity contribution in [3.05, 3.63) is 36.0 Å². The summed E-state index contributed by atoms with van der Waals surface area (Å²) in [6.07, 6.45) is 7.54. The molecule has 86 valence electrons. The van der Waals surface area contributed by atoms with E-state index >= 15 is 0 Å². The SMILES string of the molecule is CCCCCCn1ccc2c(C)cccc21. The Labute approximate surface area is 98.1 Å². The van der Waals surface area contributed by atoms with Crippen LogP contribution in [-0.2, 0) is 6.54 Å². The van der Waals surface area contributed by atoms with Gasteiger partial charge in [0.15, 0.2) is 0 Å². The number of aryl methyl sites for hydroxylation is 2. The van der Waals surface area contributed by atoms with Gasteiger partial charge in [-0.25, -0.2) is 0 Å². The van der Waals surface area contributed by atoms with Crippen LogP contribution in [-0.4, -0.2) is 4.57 Å². The average Bonchev–Trinajstić information content (AvgIpc) is 2.70. The molecule has 1 aromatic heterocycles. The highest BCUT2D eigenvalue weighted by Gasteiger charge is 2.01. The van der Waals surface area contributed by atoms with Crippen molar-refractivity contribution in [1.29, 1.82) is 0 Å². The lowest BCUT2D eigenvalue weighted by Gasteiger charge is -2.05. The molecule has 0 amide bonds. The third kappa shape index (κ3) is 2.29. The Morgan fingerprint density at radius 1 is 1.06 bits per heavy atom. The maximum absolute atomic E-state index is 2.39. The molecule has 1 nitrogen and oxygen atoms in total. The normalized spacial score (nSPS) is 11.1. The molecular weight excluding hydrogens is 194 g/mol. The molecule has 0 saturated carbocycles. The molecule has 0 saturated heterocycles. The van der Waals surface area contributed by atoms with Crippen LogP contribution in [0, 0.1) is 6.92 Å². The largest absolute Gasteiger partial charge is 0.347 e. The molecular formula is C15H21N. The highest BCUT2D eigenvalue weighted by molar-refractivity contribution is 5.83. The zero-order chi connectivity index (χ0) is 11.4. The topological polar surface area (TPSA) is 4.93 Å². The summed E-state index contributed by atoms with van der Waals surface area (Å²) in [5, 5.41) is 1.40. The molecule has 0 atom stereocenters. The van der Waals surface area contributed by atoms with Crippen LogP contribution in [0.4, 0.5) is 0 Å². The number of benzene rings is 1. The Morgan fingerprint density at radius 2 is 1.94 bits per heavy atom. The second-order valence-electron chi connectivity index (χ2n) is 4.58. The Bertz CT molecular complexity index is 453. The monoisotopic (exact) mass is 215 g/mol. The first-order chi connectivity index (χ1) is 7.83. The molecule has 0 aliphatic heterocycles. The fourth-order valence-electron chi connectivity index (χ4n) is 2.28. The van der Waals surface area contributed by atoms with E-state index in [9.17, 15) is 0 Å². The maximum Gasteiger partial charge on any atom is 0.0482 e. The van der Waals surface area contributed by atoms with Crippen LogP contribution in [0.15, 0.2) is 30.5 Å². The van der Waals surface area contributed by atoms with Crippen molar-refractivity contribution >= 4 is 10.9 Å². The highest BCUT2D eigenvalue weighted by Crippen LogP contribution is 2.20. The van der Waals surface area contributed by atoms with Crippen molar-refractivity contribution in [2.75, 3.05) is 0 Å². The maximum atomic E-state index is 2.39. The summed E-state index contributed by atoms with van der Waals surface area (Å²) in [5.41, 5.74) is 2.77. The molecule has 0 N–H and O–H groups in total. The van der Waals surface area contributed by atoms with E-state index in [1.807, 2.05) is 0 Å². The van der Waals surface area contributed by atoms with E-state index in [2.05, 4.69) is 48.9 Å². The standard InChI is InChI=1S/C15H21N/c1-3-4-5-6-11-16-12-10-14-13(2)8-7-9-15(14)16/h7-10,12H,3-6,11H2,1-2H3. The van der Waals surface area contributed by atoms with Gasteiger partial charge in [0.2, 0.25) is 0 Å². The van der Waals surface area contributed by atoms with Gasteiger partial charge in [-0.3, -0.25) is 0 Å². The summed E-state index contributed by atoms with van der Waals surface area (Å²) >= 11 is 0. The van der Waals surface area contributed by atoms with Crippen LogP contribution < -0.4 is 0 Å². The summed E-state index contributed by atoms with van der Waals surface area (Å²) in [6.45, 7) is 5.60. The molecule has 1 aromatic carbocycles. The van der Waals surface area contributed by atoms with Gasteiger partial charge in [-0.2, -0.15) is 0 Å². The summed E-state index contributed by atoms with van der Waals surface area (Å²) in [5.74, 6) is 0. The first-order valence-corrected chi connectivity index (χ1v) is 6.37. The van der Waals surface area contributed by atoms with Crippen molar-refractivity contribution in [3.8, 4) is 0 Å². The summed E-state index contributed by atoms with van der Waals surface area (Å²) in [7, 11) is 0. The second-order valence-corrected chi connectivity index (χ2v) is 4.58. The molecule has 0 bridgehead atoms. The van der Waals surface area contributed by atoms with E-state index < -0.39 is 0 Å². The Hall–Kier alpha value is -1.24. The van der Waals surface area contributed by atoms with Crippen LogP contribution >= 0.6 is 0 Å². The minimum Gasteiger partial charge on any atom is -0.347 e. The van der Waals surface area contributed by atoms with E-state index in [1.54, 1.807) is 0 Å². The van der Waals surface area contributed by atoms with Gasteiger partial charge in [-0.15, -0.1) is 0 Å². The van der Waals surface area contributed by atoms with Gasteiger partial charge in [0.1, 0.15) is 0 Å². The quantitative estimate of drug-likeness (QED) is 0.646. The molecule has 0 radical (unpaired) electrons. The lowest BCUT2D eigenvalue weighted by molar-refractivity contribution is 0.593. The van der Waals surface area contributed by atoms with Crippen molar-refractivity contribution in [1.82, 2.24) is 4.57 Å². The van der Waals surface area contributed by atoms with E-state index in [-0.39, 0.29) is 0 Å². The van der Waals surface area contributed by atoms with Gasteiger partial charge in [0.05, 0.1) is 0 Å². The predicted molar refractivity (Wildman–Crippen MR) is 70.8 cm³/mol. The number of rotatable bonds is 5. The van der Waals surface area contributed by atoms with Crippen molar-refractivity contribution in [2.45, 2.75) is 46.1 Å². The second kappa shape index (κ2) is 5.20. The van der Waals surface area contributed by atoms with Gasteiger partial charge < -0.3 is 4.57 Å². The number of hydrogen-bond donors (Lipinski definition) is 0. The van der Waals surface area contributed by atoms with Crippen molar-refractivity contribution < 1.29 is 0 Å². The smallest absolute Gasteiger partial charge is 0.0482 e. The lowest BCUT2D eigenvalue weighted by atomic mass is 10.1. The first kappa shape index (κ1) is 11.3. The molecule has 16 heavy (non-hydrogen) atoms. The summed E-state index contributed by atoms with van der Waals surface area (Å²) in [4.78, 5) is 0. The average molecular weight is 215 g/mol. The van der Waals surface area contributed by atoms with Crippen LogP contribution in [0.25, 0.3) is 10.9 Å². The Morgan fingerprint density at radius 3 is 2.75 bits per heavy atom. The molecule has 0 spiro atoms. The molecule has 1 heterocycles. The molecule has 0 fully saturated rings. The highest BCUT2D eigenvalue weighted by atomic mass is 14.9. The molecule has 0 aliphatic rings. The number of fused-ring (bicyclic) bond motifs is 1. The van der Waals surface area contributed by atoms with Gasteiger partial charge >= 0.3 is 0 Å². The minimum absolute atomic E-state index is 1.16. The molecule has 0 unspecified atom stereocenters. The molecule has 0 aliphatic carbocycles. The van der Waals surface area contributed by atoms with Gasteiger partial charge in [-0.1, -0.05) is 38.3 Å². The van der Waals surface area contributed by atoms with Crippen LogP contribution in [0.3, 0.4) is 0 Å². The number of hydrogen-bond acceptors (Lipinski definition) is 0. The fraction of sp³-hybridized carbons (Fsp3) is 0.467. The van der Waals surface area contributed by atoms with Gasteiger partial charge in [0.25, 0.3) is 0 Å². The van der Waals surface area contributed by atoms with Crippen LogP contribution in [0.2, 0.25) is 0 Å². The molecule has 2 rings (SSSR count). The third-order valence-corrected chi connectivity index (χ3v) is 3.28. The number of unbranched alkanes of at least 4 members (excludes halogenated alkanes) is 3. The first-order valence-electron chi connectivity index (χ1n) is 6.37. The van der Waals surface area contributed by atoms with E-state index in [4.69, 9.17) is 0 Å². The molecule has 1 heteroatoms. The predicted octanol–water partition coefficient (Wildman–Crippen LogP) is 4.53. The minimum atomic E-state index is 1.16. The molecule has 2 aromatic rings.